The third-order valence-corrected chi connectivity index (χ3v) is 3.84. The Balaban J connectivity index is 2.12. The SMILES string of the molecule is CC(C)c1ccccc1NC(=O)N(C)C(C)c1ccccn1. The van der Waals surface area contributed by atoms with Crippen molar-refractivity contribution in [3.8, 4) is 0 Å². The number of anilines is 1. The molecule has 1 aromatic carbocycles. The van der Waals surface area contributed by atoms with Gasteiger partial charge in [-0.1, -0.05) is 38.1 Å². The number of amides is 2. The first-order chi connectivity index (χ1) is 10.5. The van der Waals surface area contributed by atoms with Crippen molar-refractivity contribution in [3.05, 3.63) is 59.9 Å². The van der Waals surface area contributed by atoms with Crippen LogP contribution in [-0.4, -0.2) is 23.0 Å². The Morgan fingerprint density at radius 2 is 1.77 bits per heavy atom. The molecule has 0 bridgehead atoms. The maximum Gasteiger partial charge on any atom is 0.322 e. The highest BCUT2D eigenvalue weighted by Crippen LogP contribution is 2.25. The second kappa shape index (κ2) is 7.07. The van der Waals surface area contributed by atoms with E-state index in [1.807, 2.05) is 49.4 Å². The van der Waals surface area contributed by atoms with Gasteiger partial charge in [-0.3, -0.25) is 4.98 Å². The van der Waals surface area contributed by atoms with Crippen molar-refractivity contribution >= 4 is 11.7 Å². The maximum absolute atomic E-state index is 12.5. The summed E-state index contributed by atoms with van der Waals surface area (Å²) >= 11 is 0. The highest BCUT2D eigenvalue weighted by atomic mass is 16.2. The van der Waals surface area contributed by atoms with Crippen LogP contribution in [0.3, 0.4) is 0 Å². The lowest BCUT2D eigenvalue weighted by molar-refractivity contribution is 0.207. The van der Waals surface area contributed by atoms with Crippen LogP contribution in [0.4, 0.5) is 10.5 Å². The molecule has 4 heteroatoms. The molecule has 0 radical (unpaired) electrons. The molecule has 116 valence electrons. The molecule has 0 aliphatic heterocycles. The van der Waals surface area contributed by atoms with Crippen LogP contribution in [0.1, 0.15) is 44.0 Å². The number of urea groups is 1. The number of nitrogens with one attached hydrogen (secondary N) is 1. The number of hydrogen-bond acceptors (Lipinski definition) is 2. The van der Waals surface area contributed by atoms with E-state index in [4.69, 9.17) is 0 Å². The zero-order chi connectivity index (χ0) is 16.1. The molecule has 1 N–H and O–H groups in total. The van der Waals surface area contributed by atoms with Crippen LogP contribution < -0.4 is 5.32 Å². The molecule has 0 spiro atoms. The Morgan fingerprint density at radius 1 is 1.09 bits per heavy atom. The van der Waals surface area contributed by atoms with Crippen molar-refractivity contribution in [2.45, 2.75) is 32.7 Å². The average Bonchev–Trinajstić information content (AvgIpc) is 2.54. The van der Waals surface area contributed by atoms with E-state index in [9.17, 15) is 4.79 Å². The predicted octanol–water partition coefficient (Wildman–Crippen LogP) is 4.43. The maximum atomic E-state index is 12.5. The lowest BCUT2D eigenvalue weighted by Gasteiger charge is -2.25. The van der Waals surface area contributed by atoms with Crippen molar-refractivity contribution in [2.75, 3.05) is 12.4 Å². The number of rotatable bonds is 4. The van der Waals surface area contributed by atoms with Crippen molar-refractivity contribution < 1.29 is 4.79 Å². The number of carbonyl (C=O) groups excluding carboxylic acids is 1. The van der Waals surface area contributed by atoms with E-state index in [0.29, 0.717) is 5.92 Å². The number of hydrogen-bond donors (Lipinski definition) is 1. The van der Waals surface area contributed by atoms with Gasteiger partial charge in [-0.25, -0.2) is 4.79 Å². The predicted molar refractivity (Wildman–Crippen MR) is 90.0 cm³/mol. The van der Waals surface area contributed by atoms with Gasteiger partial charge in [0.1, 0.15) is 0 Å². The second-order valence-electron chi connectivity index (χ2n) is 5.71. The second-order valence-corrected chi connectivity index (χ2v) is 5.71. The summed E-state index contributed by atoms with van der Waals surface area (Å²) in [5.74, 6) is 0.356. The molecule has 1 heterocycles. The Labute approximate surface area is 132 Å². The summed E-state index contributed by atoms with van der Waals surface area (Å²) in [4.78, 5) is 18.5. The third kappa shape index (κ3) is 3.64. The summed E-state index contributed by atoms with van der Waals surface area (Å²) in [6.07, 6.45) is 1.74. The summed E-state index contributed by atoms with van der Waals surface area (Å²) in [5, 5.41) is 3.00. The molecule has 2 amide bonds. The Hall–Kier alpha value is -2.36. The molecule has 1 aromatic heterocycles. The van der Waals surface area contributed by atoms with Crippen LogP contribution in [0.25, 0.3) is 0 Å². The molecule has 0 fully saturated rings. The van der Waals surface area contributed by atoms with E-state index < -0.39 is 0 Å². The van der Waals surface area contributed by atoms with Gasteiger partial charge in [-0.05, 0) is 36.6 Å². The van der Waals surface area contributed by atoms with Crippen LogP contribution >= 0.6 is 0 Å². The van der Waals surface area contributed by atoms with Gasteiger partial charge in [0.25, 0.3) is 0 Å². The molecule has 2 rings (SSSR count). The summed E-state index contributed by atoms with van der Waals surface area (Å²) in [6.45, 7) is 6.20. The van der Waals surface area contributed by atoms with E-state index >= 15 is 0 Å². The van der Waals surface area contributed by atoms with Gasteiger partial charge in [0.05, 0.1) is 11.7 Å². The normalized spacial score (nSPS) is 12.0. The molecule has 1 unspecified atom stereocenters. The third-order valence-electron chi connectivity index (χ3n) is 3.84. The van der Waals surface area contributed by atoms with Crippen LogP contribution in [0.15, 0.2) is 48.7 Å². The first-order valence-corrected chi connectivity index (χ1v) is 7.54. The number of aromatic nitrogens is 1. The average molecular weight is 297 g/mol. The van der Waals surface area contributed by atoms with Gasteiger partial charge in [-0.15, -0.1) is 0 Å². The quantitative estimate of drug-likeness (QED) is 0.907. The molecular weight excluding hydrogens is 274 g/mol. The van der Waals surface area contributed by atoms with Gasteiger partial charge >= 0.3 is 6.03 Å². The topological polar surface area (TPSA) is 45.2 Å². The van der Waals surface area contributed by atoms with Crippen LogP contribution in [-0.2, 0) is 0 Å². The fourth-order valence-corrected chi connectivity index (χ4v) is 2.32. The Kier molecular flexibility index (Phi) is 5.15. The standard InChI is InChI=1S/C18H23N3O/c1-13(2)15-9-5-6-11-17(15)20-18(22)21(4)14(3)16-10-7-8-12-19-16/h5-14H,1-4H3,(H,20,22). The molecular formula is C18H23N3O. The Morgan fingerprint density at radius 3 is 2.41 bits per heavy atom. The molecule has 0 saturated heterocycles. The van der Waals surface area contributed by atoms with Crippen LogP contribution in [0.5, 0.6) is 0 Å². The molecule has 2 aromatic rings. The van der Waals surface area contributed by atoms with Gasteiger partial charge in [-0.2, -0.15) is 0 Å². The summed E-state index contributed by atoms with van der Waals surface area (Å²) in [7, 11) is 1.78. The zero-order valence-electron chi connectivity index (χ0n) is 13.6. The van der Waals surface area contributed by atoms with E-state index in [2.05, 4.69) is 24.1 Å². The van der Waals surface area contributed by atoms with Gasteiger partial charge in [0, 0.05) is 18.9 Å². The molecule has 1 atom stereocenters. The number of para-hydroxylation sites is 1. The van der Waals surface area contributed by atoms with Gasteiger partial charge in [0.15, 0.2) is 0 Å². The minimum absolute atomic E-state index is 0.0904. The van der Waals surface area contributed by atoms with Crippen molar-refractivity contribution in [1.82, 2.24) is 9.88 Å². The Bertz CT molecular complexity index is 625. The first kappa shape index (κ1) is 16.0. The largest absolute Gasteiger partial charge is 0.322 e. The summed E-state index contributed by atoms with van der Waals surface area (Å²) in [5.41, 5.74) is 2.87. The summed E-state index contributed by atoms with van der Waals surface area (Å²) in [6, 6.07) is 13.4. The number of pyridine rings is 1. The van der Waals surface area contributed by atoms with Crippen LogP contribution in [0, 0.1) is 0 Å². The lowest BCUT2D eigenvalue weighted by atomic mass is 10.0. The summed E-state index contributed by atoms with van der Waals surface area (Å²) < 4.78 is 0. The van der Waals surface area contributed by atoms with E-state index in [-0.39, 0.29) is 12.1 Å². The van der Waals surface area contributed by atoms with Crippen LogP contribution in [0.2, 0.25) is 0 Å². The monoisotopic (exact) mass is 297 g/mol. The van der Waals surface area contributed by atoms with Crippen molar-refractivity contribution in [1.29, 1.82) is 0 Å². The van der Waals surface area contributed by atoms with E-state index in [1.54, 1.807) is 18.1 Å². The molecule has 0 saturated carbocycles. The minimum Gasteiger partial charge on any atom is -0.319 e. The minimum atomic E-state index is -0.133. The molecule has 0 aliphatic carbocycles. The number of carbonyl (C=O) groups is 1. The number of nitrogens with zero attached hydrogens (tertiary/aromatic N) is 2. The van der Waals surface area contributed by atoms with E-state index in [0.717, 1.165) is 16.9 Å². The molecule has 22 heavy (non-hydrogen) atoms. The highest BCUT2D eigenvalue weighted by Gasteiger charge is 2.19. The van der Waals surface area contributed by atoms with E-state index in [1.165, 1.54) is 0 Å². The number of benzene rings is 1. The van der Waals surface area contributed by atoms with Crippen molar-refractivity contribution in [2.24, 2.45) is 0 Å². The van der Waals surface area contributed by atoms with Crippen molar-refractivity contribution in [3.63, 3.8) is 0 Å². The first-order valence-electron chi connectivity index (χ1n) is 7.54. The molecule has 4 nitrogen and oxygen atoms in total. The zero-order valence-corrected chi connectivity index (χ0v) is 13.6. The highest BCUT2D eigenvalue weighted by molar-refractivity contribution is 5.90. The lowest BCUT2D eigenvalue weighted by Crippen LogP contribution is -2.34. The fourth-order valence-electron chi connectivity index (χ4n) is 2.32. The molecule has 0 aliphatic rings. The fraction of sp³-hybridized carbons (Fsp3) is 0.333. The smallest absolute Gasteiger partial charge is 0.319 e. The van der Waals surface area contributed by atoms with Gasteiger partial charge < -0.3 is 10.2 Å². The van der Waals surface area contributed by atoms with Gasteiger partial charge in [0.2, 0.25) is 0 Å².